The van der Waals surface area contributed by atoms with Gasteiger partial charge in [-0.15, -0.1) is 11.3 Å². The molecule has 0 aliphatic carbocycles. The fraction of sp³-hybridized carbons (Fsp3) is 0.474. The number of carbonyl (C=O) groups excluding carboxylic acids is 1. The van der Waals surface area contributed by atoms with E-state index in [1.807, 2.05) is 42.7 Å². The lowest BCUT2D eigenvalue weighted by Gasteiger charge is -2.20. The van der Waals surface area contributed by atoms with E-state index in [2.05, 4.69) is 5.10 Å². The van der Waals surface area contributed by atoms with Crippen LogP contribution in [-0.4, -0.2) is 43.2 Å². The number of thiophene rings is 1. The second-order valence-corrected chi connectivity index (χ2v) is 7.86. The number of fused-ring (bicyclic) bond motifs is 2. The lowest BCUT2D eigenvalue weighted by Crippen LogP contribution is -2.34. The third-order valence-electron chi connectivity index (χ3n) is 5.31. The fourth-order valence-electron chi connectivity index (χ4n) is 3.82. The van der Waals surface area contributed by atoms with Crippen molar-refractivity contribution in [3.8, 4) is 0 Å². The molecule has 0 atom stereocenters. The van der Waals surface area contributed by atoms with Crippen molar-refractivity contribution in [1.29, 1.82) is 0 Å². The van der Waals surface area contributed by atoms with E-state index in [9.17, 15) is 9.59 Å². The lowest BCUT2D eigenvalue weighted by molar-refractivity contribution is 0.0757. The monoisotopic (exact) mass is 385 g/mol. The van der Waals surface area contributed by atoms with E-state index < -0.39 is 0 Å². The number of hydrogen-bond donors (Lipinski definition) is 0. The van der Waals surface area contributed by atoms with Crippen LogP contribution in [0.25, 0.3) is 10.2 Å². The first-order valence-corrected chi connectivity index (χ1v) is 10.1. The number of carbonyl (C=O) groups is 1. The summed E-state index contributed by atoms with van der Waals surface area (Å²) in [6.45, 7) is 10.1. The highest BCUT2D eigenvalue weighted by Crippen LogP contribution is 2.22. The minimum Gasteiger partial charge on any atom is -0.336 e. The van der Waals surface area contributed by atoms with Crippen molar-refractivity contribution in [1.82, 2.24) is 24.2 Å². The van der Waals surface area contributed by atoms with Gasteiger partial charge in [0.05, 0.1) is 16.8 Å². The molecule has 0 fully saturated rings. The summed E-state index contributed by atoms with van der Waals surface area (Å²) in [5, 5.41) is 6.44. The summed E-state index contributed by atoms with van der Waals surface area (Å²) >= 11 is 1.45. The first kappa shape index (κ1) is 17.9. The standard InChI is InChI=1S/C19H23N5O2S/c1-5-24-13(4)15(12(3)21-24)18(25)22-7-6-14-20-16-11(2)10-27-17(16)19(26)23(14)9-8-22/h10H,5-9H2,1-4H3. The van der Waals surface area contributed by atoms with Crippen LogP contribution >= 0.6 is 11.3 Å². The number of rotatable bonds is 2. The molecule has 0 saturated heterocycles. The summed E-state index contributed by atoms with van der Waals surface area (Å²) in [5.74, 6) is 0.755. The van der Waals surface area contributed by atoms with Crippen LogP contribution in [0.4, 0.5) is 0 Å². The van der Waals surface area contributed by atoms with Gasteiger partial charge in [-0.05, 0) is 38.6 Å². The Morgan fingerprint density at radius 1 is 1.22 bits per heavy atom. The van der Waals surface area contributed by atoms with Crippen molar-refractivity contribution >= 4 is 27.5 Å². The van der Waals surface area contributed by atoms with Crippen LogP contribution in [0.5, 0.6) is 0 Å². The number of hydrogen-bond acceptors (Lipinski definition) is 5. The van der Waals surface area contributed by atoms with Gasteiger partial charge in [0, 0.05) is 38.3 Å². The quantitative estimate of drug-likeness (QED) is 0.678. The molecule has 0 spiro atoms. The maximum atomic E-state index is 13.2. The summed E-state index contributed by atoms with van der Waals surface area (Å²) in [6.07, 6.45) is 0.576. The van der Waals surface area contributed by atoms with Crippen LogP contribution in [0.2, 0.25) is 0 Å². The molecular formula is C19H23N5O2S. The zero-order valence-electron chi connectivity index (χ0n) is 16.1. The first-order valence-electron chi connectivity index (χ1n) is 9.23. The van der Waals surface area contributed by atoms with Gasteiger partial charge in [-0.3, -0.25) is 18.8 Å². The molecule has 1 aliphatic rings. The first-order chi connectivity index (χ1) is 12.9. The Morgan fingerprint density at radius 3 is 2.70 bits per heavy atom. The Morgan fingerprint density at radius 2 is 2.00 bits per heavy atom. The smallest absolute Gasteiger partial charge is 0.271 e. The largest absolute Gasteiger partial charge is 0.336 e. The van der Waals surface area contributed by atoms with Crippen LogP contribution in [0.1, 0.15) is 40.1 Å². The highest BCUT2D eigenvalue weighted by atomic mass is 32.1. The highest BCUT2D eigenvalue weighted by Gasteiger charge is 2.26. The summed E-state index contributed by atoms with van der Waals surface area (Å²) in [7, 11) is 0. The summed E-state index contributed by atoms with van der Waals surface area (Å²) < 4.78 is 4.30. The summed E-state index contributed by atoms with van der Waals surface area (Å²) in [5.41, 5.74) is 4.17. The molecule has 0 radical (unpaired) electrons. The van der Waals surface area contributed by atoms with Gasteiger partial charge in [0.15, 0.2) is 0 Å². The maximum absolute atomic E-state index is 13.2. The minimum atomic E-state index is -0.0106. The van der Waals surface area contributed by atoms with Crippen LogP contribution in [0, 0.1) is 20.8 Å². The SMILES string of the molecule is CCn1nc(C)c(C(=O)N2CCc3nc4c(C)csc4c(=O)n3CC2)c1C. The van der Waals surface area contributed by atoms with Crippen LogP contribution in [-0.2, 0) is 19.5 Å². The highest BCUT2D eigenvalue weighted by molar-refractivity contribution is 7.17. The van der Waals surface area contributed by atoms with E-state index >= 15 is 0 Å². The van der Waals surface area contributed by atoms with E-state index in [0.717, 1.165) is 34.8 Å². The number of aryl methyl sites for hydroxylation is 3. The topological polar surface area (TPSA) is 73.0 Å². The predicted molar refractivity (Wildman–Crippen MR) is 106 cm³/mol. The van der Waals surface area contributed by atoms with Gasteiger partial charge in [-0.2, -0.15) is 5.10 Å². The van der Waals surface area contributed by atoms with Crippen molar-refractivity contribution in [3.63, 3.8) is 0 Å². The molecule has 27 heavy (non-hydrogen) atoms. The van der Waals surface area contributed by atoms with Crippen molar-refractivity contribution < 1.29 is 4.79 Å². The van der Waals surface area contributed by atoms with Gasteiger partial charge in [0.1, 0.15) is 10.5 Å². The molecule has 4 heterocycles. The molecule has 0 saturated carbocycles. The Labute approximate surface area is 161 Å². The summed E-state index contributed by atoms with van der Waals surface area (Å²) in [4.78, 5) is 32.6. The van der Waals surface area contributed by atoms with Gasteiger partial charge in [-0.1, -0.05) is 0 Å². The molecule has 4 rings (SSSR count). The van der Waals surface area contributed by atoms with Crippen LogP contribution < -0.4 is 5.56 Å². The Kier molecular flexibility index (Phi) is 4.38. The van der Waals surface area contributed by atoms with Crippen molar-refractivity contribution in [2.45, 2.75) is 47.2 Å². The van der Waals surface area contributed by atoms with Crippen LogP contribution in [0.3, 0.4) is 0 Å². The molecule has 7 nitrogen and oxygen atoms in total. The number of amides is 1. The zero-order chi connectivity index (χ0) is 19.3. The second kappa shape index (κ2) is 6.60. The van der Waals surface area contributed by atoms with Gasteiger partial charge >= 0.3 is 0 Å². The minimum absolute atomic E-state index is 0.00793. The normalized spacial score (nSPS) is 14.4. The molecule has 1 aliphatic heterocycles. The van der Waals surface area contributed by atoms with Crippen molar-refractivity contribution in [2.75, 3.05) is 13.1 Å². The van der Waals surface area contributed by atoms with Gasteiger partial charge in [0.25, 0.3) is 11.5 Å². The third-order valence-corrected chi connectivity index (χ3v) is 6.39. The van der Waals surface area contributed by atoms with Gasteiger partial charge < -0.3 is 4.90 Å². The van der Waals surface area contributed by atoms with E-state index in [0.29, 0.717) is 36.3 Å². The van der Waals surface area contributed by atoms with Gasteiger partial charge in [-0.25, -0.2) is 4.98 Å². The molecule has 0 N–H and O–H groups in total. The maximum Gasteiger partial charge on any atom is 0.271 e. The second-order valence-electron chi connectivity index (χ2n) is 6.99. The van der Waals surface area contributed by atoms with E-state index in [4.69, 9.17) is 4.98 Å². The van der Waals surface area contributed by atoms with Crippen molar-refractivity contribution in [2.24, 2.45) is 0 Å². The van der Waals surface area contributed by atoms with E-state index in [1.54, 1.807) is 4.57 Å². The van der Waals surface area contributed by atoms with E-state index in [-0.39, 0.29) is 11.5 Å². The molecular weight excluding hydrogens is 362 g/mol. The van der Waals surface area contributed by atoms with Crippen molar-refractivity contribution in [3.05, 3.63) is 44.1 Å². The molecule has 1 amide bonds. The number of nitrogens with zero attached hydrogens (tertiary/aromatic N) is 5. The molecule has 8 heteroatoms. The lowest BCUT2D eigenvalue weighted by atomic mass is 10.1. The number of aromatic nitrogens is 4. The molecule has 3 aromatic rings. The molecule has 3 aromatic heterocycles. The van der Waals surface area contributed by atoms with Crippen LogP contribution in [0.15, 0.2) is 10.2 Å². The summed E-state index contributed by atoms with van der Waals surface area (Å²) in [6, 6.07) is 0. The molecule has 0 unspecified atom stereocenters. The Bertz CT molecular complexity index is 1110. The third kappa shape index (κ3) is 2.79. The fourth-order valence-corrected chi connectivity index (χ4v) is 4.76. The molecule has 0 bridgehead atoms. The predicted octanol–water partition coefficient (Wildman–Crippen LogP) is 2.30. The Hall–Kier alpha value is -2.48. The molecule has 0 aromatic carbocycles. The average molecular weight is 385 g/mol. The van der Waals surface area contributed by atoms with Gasteiger partial charge in [0.2, 0.25) is 0 Å². The van der Waals surface area contributed by atoms with E-state index in [1.165, 1.54) is 11.3 Å². The Balaban J connectivity index is 1.67. The zero-order valence-corrected chi connectivity index (χ0v) is 16.9. The molecule has 142 valence electrons. The average Bonchev–Trinajstić information content (AvgIpc) is 3.05.